The van der Waals surface area contributed by atoms with Crippen LogP contribution in [0.15, 0.2) is 28.9 Å². The molecule has 7 heteroatoms. The van der Waals surface area contributed by atoms with E-state index in [1.54, 1.807) is 6.26 Å². The minimum absolute atomic E-state index is 0.0150. The topological polar surface area (TPSA) is 69.0 Å². The summed E-state index contributed by atoms with van der Waals surface area (Å²) in [5.74, 6) is 1.08. The molecule has 0 radical (unpaired) electrons. The first-order valence-electron chi connectivity index (χ1n) is 12.3. The molecule has 32 heavy (non-hydrogen) atoms. The Morgan fingerprint density at radius 1 is 1.22 bits per heavy atom. The molecule has 0 bridgehead atoms. The first-order valence-corrected chi connectivity index (χ1v) is 12.3. The molecule has 3 aliphatic rings. The molecule has 1 aromatic rings. The fourth-order valence-corrected chi connectivity index (χ4v) is 5.83. The van der Waals surface area contributed by atoms with Crippen molar-refractivity contribution >= 4 is 18.0 Å². The summed E-state index contributed by atoms with van der Waals surface area (Å²) < 4.78 is 5.35. The second-order valence-electron chi connectivity index (χ2n) is 9.67. The number of nitrogens with one attached hydrogen (secondary N) is 1. The van der Waals surface area contributed by atoms with E-state index in [-0.39, 0.29) is 17.9 Å². The number of hydrogen-bond acceptors (Lipinski definition) is 5. The number of amides is 3. The molecule has 3 fully saturated rings. The number of imide groups is 1. The second-order valence-corrected chi connectivity index (χ2v) is 9.67. The standard InChI is InChI=1S/C25H38N4O3/c1-3-13-25(20-10-16-28(17-11-20)15-5-8-22-9-6-19-32-22)23(30)29(24(31)26-25)18-12-21-7-4-14-27(21)2/h5-6,8-9,19-21H,3-4,7,10-18H2,1-2H3,(H,26,31)/b8-5+. The molecular formula is C25H38N4O3. The summed E-state index contributed by atoms with van der Waals surface area (Å²) in [6, 6.07) is 4.13. The van der Waals surface area contributed by atoms with E-state index in [4.69, 9.17) is 4.42 Å². The van der Waals surface area contributed by atoms with Crippen LogP contribution < -0.4 is 5.32 Å². The molecule has 3 amide bonds. The summed E-state index contributed by atoms with van der Waals surface area (Å²) >= 11 is 0. The molecule has 2 atom stereocenters. The molecule has 0 saturated carbocycles. The Bertz CT molecular complexity index is 800. The lowest BCUT2D eigenvalue weighted by molar-refractivity contribution is -0.134. The van der Waals surface area contributed by atoms with Gasteiger partial charge in [0, 0.05) is 19.1 Å². The number of hydrogen-bond donors (Lipinski definition) is 1. The molecule has 176 valence electrons. The first kappa shape index (κ1) is 23.1. The van der Waals surface area contributed by atoms with Crippen molar-refractivity contribution in [3.63, 3.8) is 0 Å². The fourth-order valence-electron chi connectivity index (χ4n) is 5.83. The molecule has 3 aliphatic heterocycles. The van der Waals surface area contributed by atoms with Crippen molar-refractivity contribution < 1.29 is 14.0 Å². The average molecular weight is 443 g/mol. The van der Waals surface area contributed by atoms with Crippen molar-refractivity contribution in [1.82, 2.24) is 20.0 Å². The summed E-state index contributed by atoms with van der Waals surface area (Å²) in [5.41, 5.74) is -0.719. The highest BCUT2D eigenvalue weighted by molar-refractivity contribution is 6.07. The third-order valence-corrected chi connectivity index (χ3v) is 7.68. The predicted molar refractivity (Wildman–Crippen MR) is 125 cm³/mol. The van der Waals surface area contributed by atoms with Crippen LogP contribution in [0.2, 0.25) is 0 Å². The zero-order valence-corrected chi connectivity index (χ0v) is 19.6. The van der Waals surface area contributed by atoms with E-state index >= 15 is 0 Å². The maximum absolute atomic E-state index is 13.6. The molecule has 0 spiro atoms. The fraction of sp³-hybridized carbons (Fsp3) is 0.680. The smallest absolute Gasteiger partial charge is 0.325 e. The van der Waals surface area contributed by atoms with Crippen molar-refractivity contribution in [2.45, 2.75) is 63.5 Å². The Hall–Kier alpha value is -2.12. The van der Waals surface area contributed by atoms with Crippen LogP contribution in [0.4, 0.5) is 4.79 Å². The number of likely N-dealkylation sites (tertiary alicyclic amines) is 2. The Balaban J connectivity index is 1.34. The van der Waals surface area contributed by atoms with Crippen LogP contribution in [-0.4, -0.2) is 78.0 Å². The third-order valence-electron chi connectivity index (χ3n) is 7.68. The molecule has 7 nitrogen and oxygen atoms in total. The van der Waals surface area contributed by atoms with Crippen LogP contribution in [0.25, 0.3) is 6.08 Å². The van der Waals surface area contributed by atoms with Crippen molar-refractivity contribution in [3.8, 4) is 0 Å². The van der Waals surface area contributed by atoms with E-state index in [1.165, 1.54) is 11.3 Å². The van der Waals surface area contributed by atoms with E-state index < -0.39 is 5.54 Å². The Kier molecular flexibility index (Phi) is 7.36. The van der Waals surface area contributed by atoms with Crippen molar-refractivity contribution in [3.05, 3.63) is 30.2 Å². The van der Waals surface area contributed by atoms with Gasteiger partial charge in [-0.15, -0.1) is 0 Å². The van der Waals surface area contributed by atoms with Crippen LogP contribution in [0.5, 0.6) is 0 Å². The summed E-state index contributed by atoms with van der Waals surface area (Å²) in [6.45, 7) is 6.49. The molecule has 3 saturated heterocycles. The van der Waals surface area contributed by atoms with Gasteiger partial charge in [0.1, 0.15) is 11.3 Å². The van der Waals surface area contributed by atoms with Crippen LogP contribution in [-0.2, 0) is 4.79 Å². The first-order chi connectivity index (χ1) is 15.5. The molecule has 4 heterocycles. The van der Waals surface area contributed by atoms with Crippen LogP contribution >= 0.6 is 0 Å². The van der Waals surface area contributed by atoms with Crippen LogP contribution in [0.3, 0.4) is 0 Å². The van der Waals surface area contributed by atoms with Crippen molar-refractivity contribution in [2.75, 3.05) is 39.8 Å². The molecule has 2 unspecified atom stereocenters. The minimum atomic E-state index is -0.719. The van der Waals surface area contributed by atoms with Gasteiger partial charge in [-0.05, 0) is 89.3 Å². The molecule has 4 rings (SSSR count). The Labute approximate surface area is 191 Å². The average Bonchev–Trinajstić information content (AvgIpc) is 3.50. The van der Waals surface area contributed by atoms with Gasteiger partial charge < -0.3 is 14.6 Å². The van der Waals surface area contributed by atoms with Gasteiger partial charge >= 0.3 is 6.03 Å². The summed E-state index contributed by atoms with van der Waals surface area (Å²) in [7, 11) is 2.14. The maximum Gasteiger partial charge on any atom is 0.325 e. The lowest BCUT2D eigenvalue weighted by Gasteiger charge is -2.40. The van der Waals surface area contributed by atoms with Crippen LogP contribution in [0.1, 0.15) is 57.6 Å². The number of carbonyl (C=O) groups excluding carboxylic acids is 2. The second kappa shape index (κ2) is 10.2. The summed E-state index contributed by atoms with van der Waals surface area (Å²) in [4.78, 5) is 32.7. The number of furan rings is 1. The molecule has 1 N–H and O–H groups in total. The summed E-state index contributed by atoms with van der Waals surface area (Å²) in [5, 5.41) is 3.18. The van der Waals surface area contributed by atoms with E-state index in [9.17, 15) is 9.59 Å². The lowest BCUT2D eigenvalue weighted by Crippen LogP contribution is -2.56. The van der Waals surface area contributed by atoms with E-state index in [2.05, 4.69) is 35.2 Å². The highest BCUT2D eigenvalue weighted by Gasteiger charge is 2.55. The minimum Gasteiger partial charge on any atom is -0.465 e. The lowest BCUT2D eigenvalue weighted by atomic mass is 9.74. The van der Waals surface area contributed by atoms with Crippen molar-refractivity contribution in [1.29, 1.82) is 0 Å². The van der Waals surface area contributed by atoms with Gasteiger partial charge in [0.25, 0.3) is 5.91 Å². The quantitative estimate of drug-likeness (QED) is 0.592. The molecule has 0 aromatic carbocycles. The number of piperidine rings is 1. The largest absolute Gasteiger partial charge is 0.465 e. The highest BCUT2D eigenvalue weighted by atomic mass is 16.3. The van der Waals surface area contributed by atoms with E-state index in [0.29, 0.717) is 12.6 Å². The number of carbonyl (C=O) groups is 2. The molecular weight excluding hydrogens is 404 g/mol. The van der Waals surface area contributed by atoms with Gasteiger partial charge in [0.2, 0.25) is 0 Å². The predicted octanol–water partition coefficient (Wildman–Crippen LogP) is 3.58. The SMILES string of the molecule is CCCC1(C2CCN(C/C=C/c3ccco3)CC2)NC(=O)N(CCC2CCCN2C)C1=O. The van der Waals surface area contributed by atoms with Gasteiger partial charge in [-0.25, -0.2) is 4.79 Å². The number of urea groups is 1. The van der Waals surface area contributed by atoms with E-state index in [0.717, 1.165) is 70.5 Å². The third kappa shape index (κ3) is 4.79. The highest BCUT2D eigenvalue weighted by Crippen LogP contribution is 2.37. The summed E-state index contributed by atoms with van der Waals surface area (Å²) in [6.07, 6.45) is 12.5. The molecule has 0 aliphatic carbocycles. The monoisotopic (exact) mass is 442 g/mol. The zero-order valence-electron chi connectivity index (χ0n) is 19.6. The number of rotatable bonds is 9. The van der Waals surface area contributed by atoms with Gasteiger partial charge in [0.05, 0.1) is 6.26 Å². The van der Waals surface area contributed by atoms with Gasteiger partial charge in [0.15, 0.2) is 0 Å². The zero-order chi connectivity index (χ0) is 22.6. The van der Waals surface area contributed by atoms with Gasteiger partial charge in [-0.1, -0.05) is 19.4 Å². The molecule has 1 aromatic heterocycles. The van der Waals surface area contributed by atoms with Gasteiger partial charge in [-0.3, -0.25) is 14.6 Å². The number of nitrogens with zero attached hydrogens (tertiary/aromatic N) is 3. The van der Waals surface area contributed by atoms with E-state index in [1.807, 2.05) is 18.2 Å². The normalized spacial score (nSPS) is 28.3. The van der Waals surface area contributed by atoms with Crippen molar-refractivity contribution in [2.24, 2.45) is 5.92 Å². The Morgan fingerprint density at radius 2 is 2.03 bits per heavy atom. The van der Waals surface area contributed by atoms with Gasteiger partial charge in [-0.2, -0.15) is 0 Å². The Morgan fingerprint density at radius 3 is 2.69 bits per heavy atom. The maximum atomic E-state index is 13.6. The van der Waals surface area contributed by atoms with Crippen LogP contribution in [0, 0.1) is 5.92 Å².